The Morgan fingerprint density at radius 1 is 1.13 bits per heavy atom. The van der Waals surface area contributed by atoms with E-state index in [1.54, 1.807) is 26.8 Å². The number of fused-ring (bicyclic) bond motifs is 1. The van der Waals surface area contributed by atoms with Gasteiger partial charge >= 0.3 is 11.9 Å². The van der Waals surface area contributed by atoms with Crippen molar-refractivity contribution in [3.8, 4) is 0 Å². The number of carbonyl (C=O) groups is 3. The molecule has 0 unspecified atom stereocenters. The van der Waals surface area contributed by atoms with Crippen molar-refractivity contribution < 1.29 is 23.9 Å². The molecule has 1 N–H and O–H groups in total. The van der Waals surface area contributed by atoms with Gasteiger partial charge < -0.3 is 14.5 Å². The van der Waals surface area contributed by atoms with E-state index in [1.807, 2.05) is 13.8 Å². The number of aromatic nitrogens is 5. The SMILES string of the molecule is CCOC(=O)c1c(C)[nH]c(C(=O)[C@H](C)OC(=O)c2nc3nc(C)cc(C)n3n2)c1C. The molecule has 3 aromatic rings. The van der Waals surface area contributed by atoms with E-state index in [4.69, 9.17) is 9.47 Å². The molecule has 3 rings (SSSR count). The van der Waals surface area contributed by atoms with Crippen LogP contribution >= 0.6 is 0 Å². The molecule has 0 amide bonds. The topological polar surface area (TPSA) is 129 Å². The van der Waals surface area contributed by atoms with Crippen LogP contribution in [0.3, 0.4) is 0 Å². The van der Waals surface area contributed by atoms with E-state index in [2.05, 4.69) is 20.1 Å². The van der Waals surface area contributed by atoms with Gasteiger partial charge in [-0.1, -0.05) is 0 Å². The molecular weight excluding hydrogens is 390 g/mol. The highest BCUT2D eigenvalue weighted by Gasteiger charge is 2.29. The van der Waals surface area contributed by atoms with Gasteiger partial charge in [-0.05, 0) is 53.2 Å². The number of nitrogens with one attached hydrogen (secondary N) is 1. The number of aromatic amines is 1. The fourth-order valence-electron chi connectivity index (χ4n) is 3.23. The summed E-state index contributed by atoms with van der Waals surface area (Å²) in [6.07, 6.45) is -1.12. The molecule has 10 nitrogen and oxygen atoms in total. The lowest BCUT2D eigenvalue weighted by atomic mass is 10.1. The molecule has 0 aromatic carbocycles. The normalized spacial score (nSPS) is 12.1. The van der Waals surface area contributed by atoms with Crippen LogP contribution in [0, 0.1) is 27.7 Å². The maximum absolute atomic E-state index is 12.8. The van der Waals surface area contributed by atoms with E-state index >= 15 is 0 Å². The molecular formula is C20H23N5O5. The largest absolute Gasteiger partial charge is 0.462 e. The molecule has 0 aliphatic heterocycles. The second kappa shape index (κ2) is 8.05. The Morgan fingerprint density at radius 3 is 2.50 bits per heavy atom. The number of H-pyrrole nitrogens is 1. The molecule has 0 bridgehead atoms. The van der Waals surface area contributed by atoms with E-state index in [-0.39, 0.29) is 23.9 Å². The summed E-state index contributed by atoms with van der Waals surface area (Å²) in [5.41, 5.74) is 2.94. The van der Waals surface area contributed by atoms with Crippen LogP contribution in [0.5, 0.6) is 0 Å². The zero-order valence-electron chi connectivity index (χ0n) is 17.7. The predicted octanol–water partition coefficient (Wildman–Crippen LogP) is 2.29. The molecule has 0 saturated carbocycles. The summed E-state index contributed by atoms with van der Waals surface area (Å²) < 4.78 is 11.7. The monoisotopic (exact) mass is 413 g/mol. The third kappa shape index (κ3) is 3.80. The number of carbonyl (C=O) groups excluding carboxylic acids is 3. The van der Waals surface area contributed by atoms with Crippen molar-refractivity contribution in [3.63, 3.8) is 0 Å². The average Bonchev–Trinajstić information content (AvgIpc) is 3.22. The van der Waals surface area contributed by atoms with Gasteiger partial charge in [-0.15, -0.1) is 5.10 Å². The Labute approximate surface area is 172 Å². The predicted molar refractivity (Wildman–Crippen MR) is 106 cm³/mol. The van der Waals surface area contributed by atoms with Crippen molar-refractivity contribution in [1.29, 1.82) is 0 Å². The van der Waals surface area contributed by atoms with E-state index in [1.165, 1.54) is 11.4 Å². The lowest BCUT2D eigenvalue weighted by Gasteiger charge is -2.10. The first-order valence-electron chi connectivity index (χ1n) is 9.46. The average molecular weight is 413 g/mol. The summed E-state index contributed by atoms with van der Waals surface area (Å²) in [6.45, 7) is 10.3. The van der Waals surface area contributed by atoms with Crippen molar-refractivity contribution in [3.05, 3.63) is 45.8 Å². The molecule has 0 spiro atoms. The van der Waals surface area contributed by atoms with Gasteiger partial charge in [0.25, 0.3) is 11.6 Å². The van der Waals surface area contributed by atoms with Gasteiger partial charge in [0.1, 0.15) is 0 Å². The number of aryl methyl sites for hydroxylation is 3. The van der Waals surface area contributed by atoms with Crippen LogP contribution < -0.4 is 0 Å². The van der Waals surface area contributed by atoms with Crippen LogP contribution in [0.15, 0.2) is 6.07 Å². The first-order valence-corrected chi connectivity index (χ1v) is 9.46. The van der Waals surface area contributed by atoms with Crippen LogP contribution in [-0.4, -0.2) is 55.0 Å². The Hall–Kier alpha value is -3.56. The highest BCUT2D eigenvalue weighted by atomic mass is 16.5. The molecule has 0 radical (unpaired) electrons. The third-order valence-electron chi connectivity index (χ3n) is 4.62. The first kappa shape index (κ1) is 21.2. The Balaban J connectivity index is 1.81. The molecule has 3 aromatic heterocycles. The number of rotatable bonds is 6. The lowest BCUT2D eigenvalue weighted by molar-refractivity contribution is 0.0305. The van der Waals surface area contributed by atoms with Crippen molar-refractivity contribution in [2.24, 2.45) is 0 Å². The van der Waals surface area contributed by atoms with Crippen molar-refractivity contribution in [2.45, 2.75) is 47.6 Å². The summed E-state index contributed by atoms with van der Waals surface area (Å²) in [4.78, 5) is 48.6. The van der Waals surface area contributed by atoms with Crippen LogP contribution in [0.25, 0.3) is 5.78 Å². The van der Waals surface area contributed by atoms with Crippen molar-refractivity contribution in [1.82, 2.24) is 24.6 Å². The molecule has 3 heterocycles. The third-order valence-corrected chi connectivity index (χ3v) is 4.62. The van der Waals surface area contributed by atoms with E-state index in [0.717, 1.165) is 11.4 Å². The van der Waals surface area contributed by atoms with Gasteiger partial charge in [-0.2, -0.15) is 4.98 Å². The Morgan fingerprint density at radius 2 is 1.83 bits per heavy atom. The second-order valence-corrected chi connectivity index (χ2v) is 6.94. The minimum Gasteiger partial charge on any atom is -0.462 e. The van der Waals surface area contributed by atoms with E-state index < -0.39 is 23.8 Å². The van der Waals surface area contributed by atoms with Crippen LogP contribution in [0.1, 0.15) is 68.0 Å². The number of hydrogen-bond acceptors (Lipinski definition) is 8. The summed E-state index contributed by atoms with van der Waals surface area (Å²) in [5, 5.41) is 4.11. The number of Topliss-reactive ketones (excluding diaryl/α,β-unsaturated/α-hetero) is 1. The van der Waals surface area contributed by atoms with E-state index in [0.29, 0.717) is 16.8 Å². The minimum absolute atomic E-state index is 0.187. The van der Waals surface area contributed by atoms with Crippen molar-refractivity contribution in [2.75, 3.05) is 6.61 Å². The van der Waals surface area contributed by atoms with Crippen molar-refractivity contribution >= 4 is 23.5 Å². The van der Waals surface area contributed by atoms with Gasteiger partial charge in [0.05, 0.1) is 17.9 Å². The Kier molecular flexibility index (Phi) is 5.68. The van der Waals surface area contributed by atoms with Gasteiger partial charge in [-0.3, -0.25) is 4.79 Å². The zero-order valence-corrected chi connectivity index (χ0v) is 17.7. The van der Waals surface area contributed by atoms with Crippen LogP contribution in [0.2, 0.25) is 0 Å². The number of nitrogens with zero attached hydrogens (tertiary/aromatic N) is 4. The molecule has 0 saturated heterocycles. The lowest BCUT2D eigenvalue weighted by Crippen LogP contribution is -2.26. The van der Waals surface area contributed by atoms with E-state index in [9.17, 15) is 14.4 Å². The number of ketones is 1. The fourth-order valence-corrected chi connectivity index (χ4v) is 3.23. The first-order chi connectivity index (χ1) is 14.1. The minimum atomic E-state index is -1.12. The van der Waals surface area contributed by atoms with Crippen LogP contribution in [-0.2, 0) is 9.47 Å². The summed E-state index contributed by atoms with van der Waals surface area (Å²) in [5.74, 6) is -1.76. The highest BCUT2D eigenvalue weighted by molar-refractivity contribution is 6.04. The zero-order chi connectivity index (χ0) is 22.2. The summed E-state index contributed by atoms with van der Waals surface area (Å²) >= 11 is 0. The molecule has 1 atom stereocenters. The standard InChI is InChI=1S/C20H23N5O5/c1-7-29-18(27)14-11(4)15(22-12(14)5)16(26)13(6)30-19(28)17-23-20-21-9(2)8-10(3)25(20)24-17/h8,13,22H,7H2,1-6H3/t13-/m0/s1. The smallest absolute Gasteiger partial charge is 0.379 e. The number of hydrogen-bond donors (Lipinski definition) is 1. The van der Waals surface area contributed by atoms with Gasteiger partial charge in [-0.25, -0.2) is 19.1 Å². The van der Waals surface area contributed by atoms with Gasteiger partial charge in [0, 0.05) is 17.1 Å². The summed E-state index contributed by atoms with van der Waals surface area (Å²) in [6, 6.07) is 1.81. The number of ether oxygens (including phenoxy) is 2. The molecule has 0 fully saturated rings. The number of esters is 2. The Bertz CT molecular complexity index is 1160. The maximum Gasteiger partial charge on any atom is 0.379 e. The quantitative estimate of drug-likeness (QED) is 0.481. The van der Waals surface area contributed by atoms with Gasteiger partial charge in [0.2, 0.25) is 5.78 Å². The molecule has 10 heteroatoms. The maximum atomic E-state index is 12.8. The second-order valence-electron chi connectivity index (χ2n) is 6.94. The fraction of sp³-hybridized carbons (Fsp3) is 0.400. The molecule has 30 heavy (non-hydrogen) atoms. The summed E-state index contributed by atoms with van der Waals surface area (Å²) in [7, 11) is 0. The highest BCUT2D eigenvalue weighted by Crippen LogP contribution is 2.21. The van der Waals surface area contributed by atoms with Crippen LogP contribution in [0.4, 0.5) is 0 Å². The molecule has 158 valence electrons. The van der Waals surface area contributed by atoms with Gasteiger partial charge in [0.15, 0.2) is 6.10 Å². The molecule has 0 aliphatic carbocycles. The molecule has 0 aliphatic rings.